The van der Waals surface area contributed by atoms with Crippen LogP contribution in [0.1, 0.15) is 6.42 Å². The number of rotatable bonds is 4. The van der Waals surface area contributed by atoms with Crippen LogP contribution in [0, 0.1) is 0 Å². The molecule has 1 aliphatic carbocycles. The number of aldehydes is 1. The minimum atomic E-state index is 0.570. The lowest BCUT2D eigenvalue weighted by Gasteiger charge is -2.08. The fourth-order valence-corrected chi connectivity index (χ4v) is 1.61. The molecular weight excluding hydrogens is 224 g/mol. The summed E-state index contributed by atoms with van der Waals surface area (Å²) < 4.78 is 5.65. The number of ether oxygens (including phenoxy) is 1. The topological polar surface area (TPSA) is 26.3 Å². The van der Waals surface area contributed by atoms with Crippen molar-refractivity contribution in [1.82, 2.24) is 0 Å². The van der Waals surface area contributed by atoms with Gasteiger partial charge in [-0.25, -0.2) is 0 Å². The second-order valence-electron chi connectivity index (χ2n) is 3.93. The van der Waals surface area contributed by atoms with Gasteiger partial charge in [-0.3, -0.25) is 4.79 Å². The normalized spacial score (nSPS) is 14.2. The van der Waals surface area contributed by atoms with Crippen LogP contribution in [0.2, 0.25) is 0 Å². The largest absolute Gasteiger partial charge is 0.457 e. The molecule has 1 aromatic carbocycles. The molecule has 2 rings (SSSR count). The van der Waals surface area contributed by atoms with Crippen molar-refractivity contribution in [2.45, 2.75) is 6.42 Å². The molecule has 90 valence electrons. The molecule has 0 atom stereocenters. The highest BCUT2D eigenvalue weighted by atomic mass is 16.5. The van der Waals surface area contributed by atoms with Gasteiger partial charge in [0.05, 0.1) is 0 Å². The maximum absolute atomic E-state index is 10.7. The molecule has 0 aromatic heterocycles. The summed E-state index contributed by atoms with van der Waals surface area (Å²) in [6, 6.07) is 9.49. The highest BCUT2D eigenvalue weighted by molar-refractivity contribution is 5.74. The Morgan fingerprint density at radius 1 is 1.22 bits per heavy atom. The second kappa shape index (κ2) is 5.82. The summed E-state index contributed by atoms with van der Waals surface area (Å²) in [5.41, 5.74) is 1.62. The predicted octanol–water partition coefficient (Wildman–Crippen LogP) is 3.59. The number of allylic oxidation sites excluding steroid dienone is 5. The highest BCUT2D eigenvalue weighted by Crippen LogP contribution is 2.20. The summed E-state index contributed by atoms with van der Waals surface area (Å²) in [5, 5.41) is 0. The van der Waals surface area contributed by atoms with Gasteiger partial charge in [-0.2, -0.15) is 0 Å². The van der Waals surface area contributed by atoms with Crippen molar-refractivity contribution < 1.29 is 9.53 Å². The number of para-hydroxylation sites is 1. The summed E-state index contributed by atoms with van der Waals surface area (Å²) in [4.78, 5) is 10.7. The van der Waals surface area contributed by atoms with Crippen LogP contribution < -0.4 is 4.74 Å². The third-order valence-corrected chi connectivity index (χ3v) is 2.59. The van der Waals surface area contributed by atoms with Crippen LogP contribution in [0.3, 0.4) is 0 Å². The third kappa shape index (κ3) is 3.08. The number of hydrogen-bond acceptors (Lipinski definition) is 2. The van der Waals surface area contributed by atoms with Gasteiger partial charge in [-0.05, 0) is 24.1 Å². The Morgan fingerprint density at radius 2 is 2.00 bits per heavy atom. The SMILES string of the molecule is C=C(Oc1ccccc1)C1=CC=C(C=O)CC=C1. The summed E-state index contributed by atoms with van der Waals surface area (Å²) >= 11 is 0. The van der Waals surface area contributed by atoms with Crippen molar-refractivity contribution >= 4 is 6.29 Å². The maximum atomic E-state index is 10.7. The summed E-state index contributed by atoms with van der Waals surface area (Å²) in [6.45, 7) is 3.91. The molecule has 0 N–H and O–H groups in total. The van der Waals surface area contributed by atoms with Crippen LogP contribution in [0.4, 0.5) is 0 Å². The molecule has 18 heavy (non-hydrogen) atoms. The molecule has 1 aromatic rings. The highest BCUT2D eigenvalue weighted by Gasteiger charge is 2.04. The van der Waals surface area contributed by atoms with Gasteiger partial charge in [0.15, 0.2) is 0 Å². The van der Waals surface area contributed by atoms with Crippen LogP contribution in [-0.2, 0) is 4.79 Å². The van der Waals surface area contributed by atoms with Gasteiger partial charge in [-0.1, -0.05) is 49.1 Å². The molecule has 0 radical (unpaired) electrons. The van der Waals surface area contributed by atoms with Crippen molar-refractivity contribution in [2.75, 3.05) is 0 Å². The number of carbonyl (C=O) groups excluding carboxylic acids is 1. The zero-order chi connectivity index (χ0) is 12.8. The zero-order valence-electron chi connectivity index (χ0n) is 10.0. The fraction of sp³-hybridized carbons (Fsp3) is 0.0625. The first-order valence-corrected chi connectivity index (χ1v) is 5.74. The zero-order valence-corrected chi connectivity index (χ0v) is 10.0. The Hall–Kier alpha value is -2.35. The number of carbonyl (C=O) groups is 1. The number of hydrogen-bond donors (Lipinski definition) is 0. The molecule has 0 aliphatic heterocycles. The van der Waals surface area contributed by atoms with Crippen molar-refractivity contribution in [3.05, 3.63) is 78.1 Å². The van der Waals surface area contributed by atoms with Gasteiger partial charge in [0.2, 0.25) is 0 Å². The molecule has 0 unspecified atom stereocenters. The van der Waals surface area contributed by atoms with Crippen LogP contribution >= 0.6 is 0 Å². The van der Waals surface area contributed by atoms with Gasteiger partial charge >= 0.3 is 0 Å². The Labute approximate surface area is 107 Å². The van der Waals surface area contributed by atoms with Crippen LogP contribution in [-0.4, -0.2) is 6.29 Å². The molecule has 0 spiro atoms. The molecule has 2 heteroatoms. The molecule has 0 saturated heterocycles. The Kier molecular flexibility index (Phi) is 3.92. The van der Waals surface area contributed by atoms with Gasteiger partial charge in [0, 0.05) is 5.57 Å². The van der Waals surface area contributed by atoms with Gasteiger partial charge < -0.3 is 4.74 Å². The van der Waals surface area contributed by atoms with Crippen LogP contribution in [0.25, 0.3) is 0 Å². The smallest absolute Gasteiger partial charge is 0.146 e. The van der Waals surface area contributed by atoms with Crippen LogP contribution in [0.15, 0.2) is 78.1 Å². The van der Waals surface area contributed by atoms with E-state index in [1.807, 2.05) is 48.6 Å². The standard InChI is InChI=1S/C16H14O2/c1-13(18-16-8-3-2-4-9-16)15-7-5-6-14(12-17)10-11-15/h2-5,7-12H,1,6H2. The molecule has 0 bridgehead atoms. The van der Waals surface area contributed by atoms with Crippen molar-refractivity contribution in [3.63, 3.8) is 0 Å². The van der Waals surface area contributed by atoms with E-state index in [1.165, 1.54) is 0 Å². The lowest BCUT2D eigenvalue weighted by Crippen LogP contribution is -1.95. The van der Waals surface area contributed by atoms with Gasteiger partial charge in [0.25, 0.3) is 0 Å². The summed E-state index contributed by atoms with van der Waals surface area (Å²) in [5.74, 6) is 1.32. The number of benzene rings is 1. The Bertz CT molecular complexity index is 533. The lowest BCUT2D eigenvalue weighted by atomic mass is 10.2. The summed E-state index contributed by atoms with van der Waals surface area (Å²) in [7, 11) is 0. The van der Waals surface area contributed by atoms with E-state index in [4.69, 9.17) is 4.74 Å². The Morgan fingerprint density at radius 3 is 2.72 bits per heavy atom. The van der Waals surface area contributed by atoms with Crippen LogP contribution in [0.5, 0.6) is 5.75 Å². The van der Waals surface area contributed by atoms with Gasteiger partial charge in [0.1, 0.15) is 17.8 Å². The maximum Gasteiger partial charge on any atom is 0.146 e. The van der Waals surface area contributed by atoms with E-state index in [0.717, 1.165) is 23.2 Å². The third-order valence-electron chi connectivity index (χ3n) is 2.59. The first kappa shape index (κ1) is 12.1. The Balaban J connectivity index is 2.12. The molecule has 0 fully saturated rings. The van der Waals surface area contributed by atoms with E-state index in [2.05, 4.69) is 6.58 Å². The quantitative estimate of drug-likeness (QED) is 0.592. The fourth-order valence-electron chi connectivity index (χ4n) is 1.61. The summed E-state index contributed by atoms with van der Waals surface area (Å²) in [6.07, 6.45) is 8.99. The van der Waals surface area contributed by atoms with Crippen molar-refractivity contribution in [1.29, 1.82) is 0 Å². The average molecular weight is 238 g/mol. The average Bonchev–Trinajstić information content (AvgIpc) is 2.65. The molecular formula is C16H14O2. The lowest BCUT2D eigenvalue weighted by molar-refractivity contribution is -0.104. The van der Waals surface area contributed by atoms with Gasteiger partial charge in [-0.15, -0.1) is 0 Å². The van der Waals surface area contributed by atoms with E-state index >= 15 is 0 Å². The monoisotopic (exact) mass is 238 g/mol. The molecule has 2 nitrogen and oxygen atoms in total. The van der Waals surface area contributed by atoms with E-state index in [9.17, 15) is 4.79 Å². The van der Waals surface area contributed by atoms with E-state index in [0.29, 0.717) is 12.2 Å². The second-order valence-corrected chi connectivity index (χ2v) is 3.93. The first-order chi connectivity index (χ1) is 8.79. The molecule has 0 heterocycles. The molecule has 1 aliphatic rings. The minimum absolute atomic E-state index is 0.570. The van der Waals surface area contributed by atoms with Crippen molar-refractivity contribution in [2.24, 2.45) is 0 Å². The molecule has 0 amide bonds. The first-order valence-electron chi connectivity index (χ1n) is 5.74. The van der Waals surface area contributed by atoms with E-state index < -0.39 is 0 Å². The van der Waals surface area contributed by atoms with E-state index in [-0.39, 0.29) is 0 Å². The van der Waals surface area contributed by atoms with Crippen molar-refractivity contribution in [3.8, 4) is 5.75 Å². The van der Waals surface area contributed by atoms with E-state index in [1.54, 1.807) is 6.08 Å². The predicted molar refractivity (Wildman–Crippen MR) is 72.2 cm³/mol. The minimum Gasteiger partial charge on any atom is -0.457 e. The molecule has 0 saturated carbocycles.